The summed E-state index contributed by atoms with van der Waals surface area (Å²) in [4.78, 5) is 4.24. The summed E-state index contributed by atoms with van der Waals surface area (Å²) in [6.45, 7) is 4.34. The maximum absolute atomic E-state index is 6.07. The van der Waals surface area contributed by atoms with E-state index >= 15 is 0 Å². The molecule has 0 radical (unpaired) electrons. The van der Waals surface area contributed by atoms with Crippen LogP contribution in [0.5, 0.6) is 0 Å². The fourth-order valence-electron chi connectivity index (χ4n) is 4.02. The van der Waals surface area contributed by atoms with Crippen LogP contribution in [0.2, 0.25) is 0 Å². The van der Waals surface area contributed by atoms with E-state index in [2.05, 4.69) is 38.9 Å². The fraction of sp³-hybridized carbons (Fsp3) is 0.750. The Morgan fingerprint density at radius 1 is 1.38 bits per heavy atom. The molecule has 116 valence electrons. The number of hydrogen-bond donors (Lipinski definition) is 1. The monoisotopic (exact) mass is 418 g/mol. The van der Waals surface area contributed by atoms with Crippen LogP contribution in [-0.4, -0.2) is 43.3 Å². The fourth-order valence-corrected chi connectivity index (χ4v) is 6.14. The molecule has 0 aromatic carbocycles. The maximum atomic E-state index is 6.07. The summed E-state index contributed by atoms with van der Waals surface area (Å²) in [5.41, 5.74) is 1.56. The van der Waals surface area contributed by atoms with Crippen LogP contribution in [0, 0.1) is 2.88 Å². The topological polar surface area (TPSA) is 24.5 Å². The van der Waals surface area contributed by atoms with Crippen molar-refractivity contribution in [3.05, 3.63) is 19.4 Å². The SMILES string of the molecule is Ic1cc2c(s1)CCCC2NCC1CN2CCCC2CO1. The molecule has 3 aliphatic rings. The van der Waals surface area contributed by atoms with Crippen molar-refractivity contribution in [1.29, 1.82) is 0 Å². The third kappa shape index (κ3) is 3.17. The molecule has 0 spiro atoms. The van der Waals surface area contributed by atoms with E-state index in [1.54, 1.807) is 10.4 Å². The van der Waals surface area contributed by atoms with Gasteiger partial charge in [-0.1, -0.05) is 0 Å². The summed E-state index contributed by atoms with van der Waals surface area (Å²) in [5.74, 6) is 0. The summed E-state index contributed by atoms with van der Waals surface area (Å²) in [5, 5.41) is 3.79. The molecule has 0 amide bonds. The number of nitrogens with one attached hydrogen (secondary N) is 1. The van der Waals surface area contributed by atoms with Gasteiger partial charge in [0.25, 0.3) is 0 Å². The Bertz CT molecular complexity index is 506. The van der Waals surface area contributed by atoms with Gasteiger partial charge in [-0.3, -0.25) is 4.90 Å². The second kappa shape index (κ2) is 6.43. The molecule has 1 aromatic rings. The molecule has 2 saturated heterocycles. The van der Waals surface area contributed by atoms with Crippen molar-refractivity contribution < 1.29 is 4.74 Å². The number of hydrogen-bond acceptors (Lipinski definition) is 4. The summed E-state index contributed by atoms with van der Waals surface area (Å²) >= 11 is 4.43. The van der Waals surface area contributed by atoms with Gasteiger partial charge in [0, 0.05) is 30.1 Å². The molecule has 1 aromatic heterocycles. The van der Waals surface area contributed by atoms with Crippen LogP contribution in [0.3, 0.4) is 0 Å². The summed E-state index contributed by atoms with van der Waals surface area (Å²) < 4.78 is 7.50. The highest BCUT2D eigenvalue weighted by Gasteiger charge is 2.32. The summed E-state index contributed by atoms with van der Waals surface area (Å²) in [7, 11) is 0. The van der Waals surface area contributed by atoms with Crippen molar-refractivity contribution in [2.75, 3.05) is 26.2 Å². The van der Waals surface area contributed by atoms with Gasteiger partial charge in [-0.05, 0) is 72.9 Å². The van der Waals surface area contributed by atoms with E-state index in [1.165, 1.54) is 41.5 Å². The predicted octanol–water partition coefficient (Wildman–Crippen LogP) is 3.18. The molecule has 3 unspecified atom stereocenters. The van der Waals surface area contributed by atoms with Gasteiger partial charge in [0.15, 0.2) is 0 Å². The van der Waals surface area contributed by atoms with Crippen molar-refractivity contribution in [2.45, 2.75) is 50.3 Å². The summed E-state index contributed by atoms with van der Waals surface area (Å²) in [6, 6.07) is 3.64. The minimum absolute atomic E-state index is 0.377. The lowest BCUT2D eigenvalue weighted by Gasteiger charge is -2.36. The molecule has 3 nitrogen and oxygen atoms in total. The van der Waals surface area contributed by atoms with E-state index in [9.17, 15) is 0 Å². The molecule has 2 fully saturated rings. The first-order chi connectivity index (χ1) is 10.3. The maximum Gasteiger partial charge on any atom is 0.0827 e. The zero-order valence-electron chi connectivity index (χ0n) is 12.3. The number of morpholine rings is 1. The predicted molar refractivity (Wildman–Crippen MR) is 95.1 cm³/mol. The van der Waals surface area contributed by atoms with E-state index < -0.39 is 0 Å². The lowest BCUT2D eigenvalue weighted by atomic mass is 9.94. The number of halogens is 1. The first-order valence-corrected chi connectivity index (χ1v) is 10.1. The van der Waals surface area contributed by atoms with Crippen molar-refractivity contribution in [1.82, 2.24) is 10.2 Å². The normalized spacial score (nSPS) is 32.9. The molecular formula is C16H23IN2OS. The average molecular weight is 418 g/mol. The molecule has 0 saturated carbocycles. The lowest BCUT2D eigenvalue weighted by molar-refractivity contribution is -0.0480. The molecule has 3 atom stereocenters. The lowest BCUT2D eigenvalue weighted by Crippen LogP contribution is -2.49. The van der Waals surface area contributed by atoms with E-state index in [0.29, 0.717) is 18.2 Å². The highest BCUT2D eigenvalue weighted by molar-refractivity contribution is 14.1. The van der Waals surface area contributed by atoms with Crippen LogP contribution in [-0.2, 0) is 11.2 Å². The molecular weight excluding hydrogens is 395 g/mol. The molecule has 21 heavy (non-hydrogen) atoms. The molecule has 0 bridgehead atoms. The van der Waals surface area contributed by atoms with Gasteiger partial charge in [0.1, 0.15) is 0 Å². The first-order valence-electron chi connectivity index (χ1n) is 8.17. The first kappa shape index (κ1) is 14.9. The van der Waals surface area contributed by atoms with Crippen LogP contribution in [0.4, 0.5) is 0 Å². The molecule has 3 heterocycles. The number of aryl methyl sites for hydroxylation is 1. The summed E-state index contributed by atoms with van der Waals surface area (Å²) in [6.07, 6.45) is 6.94. The second-order valence-corrected chi connectivity index (χ2v) is 9.56. The van der Waals surface area contributed by atoms with Crippen molar-refractivity contribution in [2.24, 2.45) is 0 Å². The van der Waals surface area contributed by atoms with Crippen LogP contribution in [0.25, 0.3) is 0 Å². The third-order valence-electron chi connectivity index (χ3n) is 5.14. The third-order valence-corrected chi connectivity index (χ3v) is 7.11. The van der Waals surface area contributed by atoms with E-state index in [4.69, 9.17) is 4.74 Å². The minimum atomic E-state index is 0.377. The van der Waals surface area contributed by atoms with Crippen LogP contribution < -0.4 is 5.32 Å². The quantitative estimate of drug-likeness (QED) is 0.764. The van der Waals surface area contributed by atoms with Gasteiger partial charge in [-0.15, -0.1) is 11.3 Å². The number of thiophene rings is 1. The molecule has 4 rings (SSSR count). The number of ether oxygens (including phenoxy) is 1. The van der Waals surface area contributed by atoms with Gasteiger partial charge in [-0.25, -0.2) is 0 Å². The van der Waals surface area contributed by atoms with Crippen molar-refractivity contribution in [3.8, 4) is 0 Å². The molecule has 1 N–H and O–H groups in total. The highest BCUT2D eigenvalue weighted by Crippen LogP contribution is 2.36. The average Bonchev–Trinajstić information content (AvgIpc) is 3.09. The molecule has 1 aliphatic carbocycles. The second-order valence-electron chi connectivity index (χ2n) is 6.53. The van der Waals surface area contributed by atoms with Gasteiger partial charge >= 0.3 is 0 Å². The smallest absolute Gasteiger partial charge is 0.0827 e. The van der Waals surface area contributed by atoms with Crippen LogP contribution >= 0.6 is 33.9 Å². The van der Waals surface area contributed by atoms with Gasteiger partial charge < -0.3 is 10.1 Å². The number of rotatable bonds is 3. The number of fused-ring (bicyclic) bond motifs is 2. The molecule has 2 aliphatic heterocycles. The van der Waals surface area contributed by atoms with E-state index in [0.717, 1.165) is 19.7 Å². The van der Waals surface area contributed by atoms with Crippen LogP contribution in [0.1, 0.15) is 42.2 Å². The highest BCUT2D eigenvalue weighted by atomic mass is 127. The Balaban J connectivity index is 1.35. The van der Waals surface area contributed by atoms with Gasteiger partial charge in [0.05, 0.1) is 15.6 Å². The number of nitrogens with zero attached hydrogens (tertiary/aromatic N) is 1. The Hall–Kier alpha value is 0.310. The van der Waals surface area contributed by atoms with E-state index in [1.807, 2.05) is 11.3 Å². The Kier molecular flexibility index (Phi) is 4.56. The Morgan fingerprint density at radius 2 is 2.33 bits per heavy atom. The van der Waals surface area contributed by atoms with Crippen molar-refractivity contribution >= 4 is 33.9 Å². The largest absolute Gasteiger partial charge is 0.374 e. The zero-order chi connectivity index (χ0) is 14.2. The van der Waals surface area contributed by atoms with Crippen molar-refractivity contribution in [3.63, 3.8) is 0 Å². The Morgan fingerprint density at radius 3 is 3.29 bits per heavy atom. The zero-order valence-corrected chi connectivity index (χ0v) is 15.3. The standard InChI is InChI=1S/C16H23IN2OS/c17-16-7-13-14(4-1-5-15(13)21-16)18-8-12-9-19-6-2-3-11(19)10-20-12/h7,11-12,14,18H,1-6,8-10H2. The van der Waals surface area contributed by atoms with E-state index in [-0.39, 0.29) is 0 Å². The Labute approximate surface area is 144 Å². The molecule has 5 heteroatoms. The van der Waals surface area contributed by atoms with Gasteiger partial charge in [0.2, 0.25) is 0 Å². The van der Waals surface area contributed by atoms with Crippen LogP contribution in [0.15, 0.2) is 6.07 Å². The minimum Gasteiger partial charge on any atom is -0.374 e. The van der Waals surface area contributed by atoms with Gasteiger partial charge in [-0.2, -0.15) is 0 Å².